The van der Waals surface area contributed by atoms with E-state index in [2.05, 4.69) is 5.32 Å². The van der Waals surface area contributed by atoms with Crippen LogP contribution in [0.1, 0.15) is 29.5 Å². The van der Waals surface area contributed by atoms with E-state index in [9.17, 15) is 18.0 Å². The molecular weight excluding hydrogens is 357 g/mol. The molecule has 4 nitrogen and oxygen atoms in total. The van der Waals surface area contributed by atoms with Crippen molar-refractivity contribution in [1.82, 2.24) is 10.2 Å². The van der Waals surface area contributed by atoms with Gasteiger partial charge in [0.15, 0.2) is 6.61 Å². The Labute approximate surface area is 152 Å². The van der Waals surface area contributed by atoms with Crippen LogP contribution in [0.4, 0.5) is 13.2 Å². The van der Waals surface area contributed by atoms with E-state index >= 15 is 0 Å². The Morgan fingerprint density at radius 1 is 1.32 bits per heavy atom. The Morgan fingerprint density at radius 3 is 2.40 bits per heavy atom. The number of carbonyl (C=O) groups excluding carboxylic acids is 1. The van der Waals surface area contributed by atoms with Crippen molar-refractivity contribution >= 4 is 18.3 Å². The molecule has 25 heavy (non-hydrogen) atoms. The molecule has 0 saturated carbocycles. The minimum absolute atomic E-state index is 0. The molecule has 1 atom stereocenters. The zero-order valence-electron chi connectivity index (χ0n) is 14.6. The zero-order valence-corrected chi connectivity index (χ0v) is 15.4. The van der Waals surface area contributed by atoms with Crippen molar-refractivity contribution in [3.63, 3.8) is 0 Å². The molecular formula is C17H24ClF3N2O2. The standard InChI is InChI=1S/C17H23F3N2O2.ClH/c1-11-7-13(8-12(2)15(11)24-10-17(18,19)20)9-22(3)16(23)14-5-4-6-21-14;/h7-8,14,21H,4-6,9-10H2,1-3H3;1H. The molecule has 0 bridgehead atoms. The summed E-state index contributed by atoms with van der Waals surface area (Å²) in [5, 5.41) is 3.17. The zero-order chi connectivity index (χ0) is 17.9. The molecule has 142 valence electrons. The Balaban J connectivity index is 0.00000312. The average molecular weight is 381 g/mol. The lowest BCUT2D eigenvalue weighted by molar-refractivity contribution is -0.153. The fraction of sp³-hybridized carbons (Fsp3) is 0.588. The molecule has 1 N–H and O–H groups in total. The molecule has 1 heterocycles. The van der Waals surface area contributed by atoms with Gasteiger partial charge in [0.1, 0.15) is 5.75 Å². The van der Waals surface area contributed by atoms with Crippen molar-refractivity contribution in [3.05, 3.63) is 28.8 Å². The van der Waals surface area contributed by atoms with Gasteiger partial charge in [-0.25, -0.2) is 0 Å². The maximum absolute atomic E-state index is 12.3. The van der Waals surface area contributed by atoms with E-state index in [4.69, 9.17) is 4.74 Å². The quantitative estimate of drug-likeness (QED) is 0.851. The normalized spacial score (nSPS) is 17.1. The van der Waals surface area contributed by atoms with Crippen molar-refractivity contribution in [1.29, 1.82) is 0 Å². The Hall–Kier alpha value is -1.47. The number of nitrogens with one attached hydrogen (secondary N) is 1. The number of alkyl halides is 3. The van der Waals surface area contributed by atoms with E-state index in [1.807, 2.05) is 0 Å². The number of hydrogen-bond donors (Lipinski definition) is 1. The lowest BCUT2D eigenvalue weighted by Gasteiger charge is -2.22. The SMILES string of the molecule is Cc1cc(CN(C)C(=O)C2CCCN2)cc(C)c1OCC(F)(F)F.Cl. The summed E-state index contributed by atoms with van der Waals surface area (Å²) in [4.78, 5) is 14.0. The molecule has 1 amide bonds. The van der Waals surface area contributed by atoms with Crippen LogP contribution < -0.4 is 10.1 Å². The fourth-order valence-corrected chi connectivity index (χ4v) is 3.03. The Morgan fingerprint density at radius 2 is 1.92 bits per heavy atom. The predicted molar refractivity (Wildman–Crippen MR) is 92.2 cm³/mol. The molecule has 0 spiro atoms. The molecule has 8 heteroatoms. The van der Waals surface area contributed by atoms with Crippen LogP contribution in [0.2, 0.25) is 0 Å². The number of rotatable bonds is 5. The molecule has 1 saturated heterocycles. The first kappa shape index (κ1) is 21.6. The highest BCUT2D eigenvalue weighted by molar-refractivity contribution is 5.85. The van der Waals surface area contributed by atoms with Gasteiger partial charge >= 0.3 is 6.18 Å². The van der Waals surface area contributed by atoms with Gasteiger partial charge in [0, 0.05) is 13.6 Å². The number of aryl methyl sites for hydroxylation is 2. The molecule has 0 aliphatic carbocycles. The van der Waals surface area contributed by atoms with E-state index in [0.29, 0.717) is 17.7 Å². The van der Waals surface area contributed by atoms with Crippen LogP contribution in [0.3, 0.4) is 0 Å². The third kappa shape index (κ3) is 6.08. The van der Waals surface area contributed by atoms with Gasteiger partial charge in [0.2, 0.25) is 5.91 Å². The van der Waals surface area contributed by atoms with Crippen LogP contribution >= 0.6 is 12.4 Å². The number of carbonyl (C=O) groups is 1. The first-order valence-corrected chi connectivity index (χ1v) is 7.95. The summed E-state index contributed by atoms with van der Waals surface area (Å²) in [5.74, 6) is 0.294. The molecule has 0 radical (unpaired) electrons. The van der Waals surface area contributed by atoms with Crippen molar-refractivity contribution < 1.29 is 22.7 Å². The van der Waals surface area contributed by atoms with E-state index in [0.717, 1.165) is 24.9 Å². The van der Waals surface area contributed by atoms with Crippen LogP contribution in [-0.2, 0) is 11.3 Å². The van der Waals surface area contributed by atoms with Gasteiger partial charge in [0.05, 0.1) is 6.04 Å². The third-order valence-corrected chi connectivity index (χ3v) is 4.05. The largest absolute Gasteiger partial charge is 0.484 e. The minimum atomic E-state index is -4.36. The number of ether oxygens (including phenoxy) is 1. The summed E-state index contributed by atoms with van der Waals surface area (Å²) < 4.78 is 41.9. The molecule has 1 fully saturated rings. The van der Waals surface area contributed by atoms with Gasteiger partial charge in [-0.1, -0.05) is 12.1 Å². The van der Waals surface area contributed by atoms with E-state index in [-0.39, 0.29) is 30.1 Å². The number of benzene rings is 1. The van der Waals surface area contributed by atoms with E-state index in [1.54, 1.807) is 37.9 Å². The van der Waals surface area contributed by atoms with Crippen LogP contribution in [-0.4, -0.2) is 43.2 Å². The van der Waals surface area contributed by atoms with Crippen molar-refractivity contribution in [2.24, 2.45) is 0 Å². The molecule has 1 aliphatic heterocycles. The molecule has 0 aromatic heterocycles. The van der Waals surface area contributed by atoms with E-state index < -0.39 is 12.8 Å². The second-order valence-electron chi connectivity index (χ2n) is 6.31. The maximum Gasteiger partial charge on any atom is 0.422 e. The Bertz CT molecular complexity index is 579. The second-order valence-corrected chi connectivity index (χ2v) is 6.31. The van der Waals surface area contributed by atoms with Crippen LogP contribution in [0.5, 0.6) is 5.75 Å². The molecule has 1 aromatic rings. The van der Waals surface area contributed by atoms with Crippen LogP contribution in [0, 0.1) is 13.8 Å². The third-order valence-electron chi connectivity index (χ3n) is 4.05. The second kappa shape index (κ2) is 8.76. The monoisotopic (exact) mass is 380 g/mol. The summed E-state index contributed by atoms with van der Waals surface area (Å²) in [6, 6.07) is 3.40. The van der Waals surface area contributed by atoms with Gasteiger partial charge in [-0.3, -0.25) is 4.79 Å². The van der Waals surface area contributed by atoms with Gasteiger partial charge in [-0.15, -0.1) is 12.4 Å². The highest BCUT2D eigenvalue weighted by Gasteiger charge is 2.29. The maximum atomic E-state index is 12.3. The highest BCUT2D eigenvalue weighted by Crippen LogP contribution is 2.27. The van der Waals surface area contributed by atoms with Gasteiger partial charge < -0.3 is 15.0 Å². The molecule has 1 unspecified atom stereocenters. The molecule has 2 rings (SSSR count). The first-order chi connectivity index (χ1) is 11.2. The van der Waals surface area contributed by atoms with Gasteiger partial charge in [-0.05, 0) is 49.9 Å². The predicted octanol–water partition coefficient (Wildman–Crippen LogP) is 3.38. The topological polar surface area (TPSA) is 41.6 Å². The summed E-state index contributed by atoms with van der Waals surface area (Å²) in [5.41, 5.74) is 2.14. The summed E-state index contributed by atoms with van der Waals surface area (Å²) >= 11 is 0. The Kier molecular flexibility index (Phi) is 7.56. The number of hydrogen-bond acceptors (Lipinski definition) is 3. The number of likely N-dealkylation sites (N-methyl/N-ethyl adjacent to an activating group) is 1. The van der Waals surface area contributed by atoms with Crippen molar-refractivity contribution in [2.75, 3.05) is 20.2 Å². The first-order valence-electron chi connectivity index (χ1n) is 7.95. The lowest BCUT2D eigenvalue weighted by atomic mass is 10.0. The highest BCUT2D eigenvalue weighted by atomic mass is 35.5. The van der Waals surface area contributed by atoms with Crippen LogP contribution in [0.25, 0.3) is 0 Å². The fourth-order valence-electron chi connectivity index (χ4n) is 3.03. The smallest absolute Gasteiger partial charge is 0.422 e. The van der Waals surface area contributed by atoms with Crippen molar-refractivity contribution in [3.8, 4) is 5.75 Å². The lowest BCUT2D eigenvalue weighted by Crippen LogP contribution is -2.41. The van der Waals surface area contributed by atoms with E-state index in [1.165, 1.54) is 0 Å². The summed E-state index contributed by atoms with van der Waals surface area (Å²) in [6.07, 6.45) is -2.53. The van der Waals surface area contributed by atoms with Gasteiger partial charge in [-0.2, -0.15) is 13.2 Å². The molecule has 1 aliphatic rings. The minimum Gasteiger partial charge on any atom is -0.484 e. The number of amides is 1. The molecule has 1 aromatic carbocycles. The average Bonchev–Trinajstić information content (AvgIpc) is 2.98. The number of halogens is 4. The number of nitrogens with zero attached hydrogens (tertiary/aromatic N) is 1. The van der Waals surface area contributed by atoms with Crippen LogP contribution in [0.15, 0.2) is 12.1 Å². The van der Waals surface area contributed by atoms with Crippen molar-refractivity contribution in [2.45, 2.75) is 45.5 Å². The van der Waals surface area contributed by atoms with Gasteiger partial charge in [0.25, 0.3) is 0 Å². The summed E-state index contributed by atoms with van der Waals surface area (Å²) in [6.45, 7) is 3.39. The summed E-state index contributed by atoms with van der Waals surface area (Å²) in [7, 11) is 1.74.